The molecule has 21 heavy (non-hydrogen) atoms. The molecule has 0 spiro atoms. The minimum atomic E-state index is 0.591. The second-order valence-electron chi connectivity index (χ2n) is 5.66. The molecule has 0 unspecified atom stereocenters. The van der Waals surface area contributed by atoms with Crippen molar-refractivity contribution in [2.45, 2.75) is 51.9 Å². The van der Waals surface area contributed by atoms with Gasteiger partial charge in [0.2, 0.25) is 0 Å². The van der Waals surface area contributed by atoms with Crippen molar-refractivity contribution in [3.63, 3.8) is 0 Å². The van der Waals surface area contributed by atoms with Gasteiger partial charge in [0, 0.05) is 29.6 Å². The van der Waals surface area contributed by atoms with Crippen molar-refractivity contribution in [2.24, 2.45) is 0 Å². The zero-order valence-corrected chi connectivity index (χ0v) is 13.5. The molecular formula is C16H22N4S. The molecule has 1 aliphatic carbocycles. The maximum Gasteiger partial charge on any atom is 0.181 e. The van der Waals surface area contributed by atoms with Gasteiger partial charge in [0.15, 0.2) is 5.82 Å². The Morgan fingerprint density at radius 2 is 2.05 bits per heavy atom. The zero-order chi connectivity index (χ0) is 14.7. The van der Waals surface area contributed by atoms with E-state index in [1.54, 1.807) is 11.3 Å². The molecule has 0 radical (unpaired) electrons. The summed E-state index contributed by atoms with van der Waals surface area (Å²) < 4.78 is 0. The van der Waals surface area contributed by atoms with Crippen LogP contribution < -0.4 is 5.32 Å². The van der Waals surface area contributed by atoms with Gasteiger partial charge in [0.05, 0.1) is 5.01 Å². The molecule has 0 amide bonds. The Hall–Kier alpha value is -1.49. The van der Waals surface area contributed by atoms with Crippen LogP contribution in [0.4, 0.5) is 5.82 Å². The lowest BCUT2D eigenvalue weighted by Gasteiger charge is -2.12. The number of hydrogen-bond acceptors (Lipinski definition) is 5. The molecule has 1 saturated carbocycles. The second-order valence-corrected chi connectivity index (χ2v) is 6.72. The van der Waals surface area contributed by atoms with Crippen molar-refractivity contribution in [1.82, 2.24) is 15.0 Å². The van der Waals surface area contributed by atoms with E-state index in [0.29, 0.717) is 5.92 Å². The largest absolute Gasteiger partial charge is 0.370 e. The predicted molar refractivity (Wildman–Crippen MR) is 87.9 cm³/mol. The molecule has 3 rings (SSSR count). The first-order chi connectivity index (χ1) is 10.3. The van der Waals surface area contributed by atoms with Crippen molar-refractivity contribution >= 4 is 17.2 Å². The highest BCUT2D eigenvalue weighted by Crippen LogP contribution is 2.34. The Labute approximate surface area is 130 Å². The number of aryl methyl sites for hydroxylation is 1. The average Bonchev–Trinajstić information content (AvgIpc) is 3.16. The van der Waals surface area contributed by atoms with Crippen LogP contribution in [0.15, 0.2) is 11.4 Å². The van der Waals surface area contributed by atoms with Gasteiger partial charge in [-0.2, -0.15) is 0 Å². The third-order valence-electron chi connectivity index (χ3n) is 3.92. The molecule has 0 saturated heterocycles. The van der Waals surface area contributed by atoms with Crippen LogP contribution in [0.3, 0.4) is 0 Å². The van der Waals surface area contributed by atoms with E-state index in [4.69, 9.17) is 4.98 Å². The first-order valence-electron chi connectivity index (χ1n) is 7.81. The maximum atomic E-state index is 4.80. The summed E-state index contributed by atoms with van der Waals surface area (Å²) in [5.74, 6) is 2.30. The number of rotatable bonds is 5. The average molecular weight is 302 g/mol. The monoisotopic (exact) mass is 302 g/mol. The van der Waals surface area contributed by atoms with Crippen molar-refractivity contribution in [3.8, 4) is 11.5 Å². The lowest BCUT2D eigenvalue weighted by atomic mass is 10.0. The number of anilines is 1. The van der Waals surface area contributed by atoms with Gasteiger partial charge in [0.25, 0.3) is 0 Å². The van der Waals surface area contributed by atoms with Crippen molar-refractivity contribution in [3.05, 3.63) is 22.1 Å². The topological polar surface area (TPSA) is 50.7 Å². The lowest BCUT2D eigenvalue weighted by Crippen LogP contribution is -2.07. The minimum absolute atomic E-state index is 0.591. The summed E-state index contributed by atoms with van der Waals surface area (Å²) in [6.45, 7) is 5.12. The Morgan fingerprint density at radius 1 is 1.24 bits per heavy atom. The summed E-state index contributed by atoms with van der Waals surface area (Å²) in [7, 11) is 0. The van der Waals surface area contributed by atoms with Crippen LogP contribution in [0.5, 0.6) is 0 Å². The van der Waals surface area contributed by atoms with E-state index in [1.165, 1.54) is 31.4 Å². The third kappa shape index (κ3) is 3.40. The van der Waals surface area contributed by atoms with Crippen molar-refractivity contribution in [1.29, 1.82) is 0 Å². The van der Waals surface area contributed by atoms with Gasteiger partial charge in [-0.25, -0.2) is 15.0 Å². The van der Waals surface area contributed by atoms with E-state index in [1.807, 2.05) is 12.3 Å². The molecule has 1 fully saturated rings. The number of aromatic nitrogens is 3. The Balaban J connectivity index is 1.95. The van der Waals surface area contributed by atoms with Crippen LogP contribution in [0.25, 0.3) is 11.5 Å². The van der Waals surface area contributed by atoms with E-state index in [9.17, 15) is 0 Å². The number of thiazole rings is 1. The normalized spacial score (nSPS) is 15.5. The van der Waals surface area contributed by atoms with Crippen LogP contribution in [0.2, 0.25) is 0 Å². The van der Waals surface area contributed by atoms with Crippen molar-refractivity contribution in [2.75, 3.05) is 11.9 Å². The first-order valence-corrected chi connectivity index (χ1v) is 8.69. The van der Waals surface area contributed by atoms with E-state index >= 15 is 0 Å². The minimum Gasteiger partial charge on any atom is -0.370 e. The van der Waals surface area contributed by atoms with Gasteiger partial charge >= 0.3 is 0 Å². The number of nitrogens with zero attached hydrogens (tertiary/aromatic N) is 3. The smallest absolute Gasteiger partial charge is 0.181 e. The molecule has 0 atom stereocenters. The number of nitrogens with one attached hydrogen (secondary N) is 1. The lowest BCUT2D eigenvalue weighted by molar-refractivity contribution is 0.695. The van der Waals surface area contributed by atoms with Gasteiger partial charge < -0.3 is 5.32 Å². The fourth-order valence-corrected chi connectivity index (χ4v) is 3.41. The molecule has 2 aromatic heterocycles. The van der Waals surface area contributed by atoms with Gasteiger partial charge in [0.1, 0.15) is 11.5 Å². The summed E-state index contributed by atoms with van der Waals surface area (Å²) in [4.78, 5) is 14.0. The molecule has 2 heterocycles. The van der Waals surface area contributed by atoms with Crippen LogP contribution in [0.1, 0.15) is 55.6 Å². The molecular weight excluding hydrogens is 280 g/mol. The van der Waals surface area contributed by atoms with Gasteiger partial charge in [-0.3, -0.25) is 0 Å². The highest BCUT2D eigenvalue weighted by atomic mass is 32.1. The molecule has 4 nitrogen and oxygen atoms in total. The molecule has 112 valence electrons. The summed E-state index contributed by atoms with van der Waals surface area (Å²) in [6.07, 6.45) is 6.22. The highest BCUT2D eigenvalue weighted by Gasteiger charge is 2.20. The van der Waals surface area contributed by atoms with Gasteiger partial charge in [-0.1, -0.05) is 19.8 Å². The summed E-state index contributed by atoms with van der Waals surface area (Å²) in [6, 6.07) is 2.13. The molecule has 0 aromatic carbocycles. The van der Waals surface area contributed by atoms with Crippen LogP contribution in [-0.2, 0) is 0 Å². The molecule has 2 aromatic rings. The highest BCUT2D eigenvalue weighted by molar-refractivity contribution is 7.09. The van der Waals surface area contributed by atoms with Crippen LogP contribution in [0, 0.1) is 6.92 Å². The SMILES string of the molecule is CCCNc1cc(C2CCCC2)nc(-c2csc(C)n2)n1. The Bertz CT molecular complexity index is 602. The Kier molecular flexibility index (Phi) is 4.48. The molecule has 5 heteroatoms. The quantitative estimate of drug-likeness (QED) is 0.890. The maximum absolute atomic E-state index is 4.80. The zero-order valence-electron chi connectivity index (χ0n) is 12.7. The van der Waals surface area contributed by atoms with E-state index < -0.39 is 0 Å². The standard InChI is InChI=1S/C16H22N4S/c1-3-8-17-15-9-13(12-6-4-5-7-12)19-16(20-15)14-10-21-11(2)18-14/h9-10,12H,3-8H2,1-2H3,(H,17,19,20). The fraction of sp³-hybridized carbons (Fsp3) is 0.562. The van der Waals surface area contributed by atoms with E-state index in [-0.39, 0.29) is 0 Å². The summed E-state index contributed by atoms with van der Waals surface area (Å²) in [5.41, 5.74) is 2.08. The number of hydrogen-bond donors (Lipinski definition) is 1. The Morgan fingerprint density at radius 3 is 2.71 bits per heavy atom. The van der Waals surface area contributed by atoms with E-state index in [2.05, 4.69) is 28.3 Å². The molecule has 0 aliphatic heterocycles. The first kappa shape index (κ1) is 14.4. The fourth-order valence-electron chi connectivity index (χ4n) is 2.82. The summed E-state index contributed by atoms with van der Waals surface area (Å²) in [5, 5.41) is 6.51. The molecule has 1 aliphatic rings. The second kappa shape index (κ2) is 6.52. The van der Waals surface area contributed by atoms with Crippen molar-refractivity contribution < 1.29 is 0 Å². The van der Waals surface area contributed by atoms with Crippen LogP contribution in [-0.4, -0.2) is 21.5 Å². The molecule has 1 N–H and O–H groups in total. The summed E-state index contributed by atoms with van der Waals surface area (Å²) >= 11 is 1.65. The molecule has 0 bridgehead atoms. The van der Waals surface area contributed by atoms with Gasteiger partial charge in [-0.15, -0.1) is 11.3 Å². The predicted octanol–water partition coefficient (Wildman–Crippen LogP) is 4.39. The van der Waals surface area contributed by atoms with Gasteiger partial charge in [-0.05, 0) is 26.2 Å². The van der Waals surface area contributed by atoms with Crippen LogP contribution >= 0.6 is 11.3 Å². The van der Waals surface area contributed by atoms with E-state index in [0.717, 1.165) is 35.3 Å². The third-order valence-corrected chi connectivity index (χ3v) is 4.70.